The lowest BCUT2D eigenvalue weighted by Gasteiger charge is -2.26. The van der Waals surface area contributed by atoms with E-state index in [1.165, 1.54) is 0 Å². The van der Waals surface area contributed by atoms with Gasteiger partial charge in [0.05, 0.1) is 0 Å². The monoisotopic (exact) mass is 210 g/mol. The van der Waals surface area contributed by atoms with E-state index in [1.807, 2.05) is 0 Å². The van der Waals surface area contributed by atoms with Crippen LogP contribution in [-0.4, -0.2) is 39.8 Å². The number of aliphatic hydroxyl groups is 3. The predicted molar refractivity (Wildman–Crippen MR) is 41.3 cm³/mol. The molecule has 0 spiro atoms. The Hall–Kier alpha value is -0.850. The van der Waals surface area contributed by atoms with Crippen molar-refractivity contribution in [2.24, 2.45) is 0 Å². The number of alkyl halides is 3. The van der Waals surface area contributed by atoms with Gasteiger partial charge in [-0.2, -0.15) is 13.2 Å². The van der Waals surface area contributed by atoms with E-state index in [0.717, 1.165) is 18.2 Å². The van der Waals surface area contributed by atoms with Gasteiger partial charge in [0.1, 0.15) is 12.2 Å². The summed E-state index contributed by atoms with van der Waals surface area (Å²) >= 11 is 0. The first kappa shape index (κ1) is 11.2. The highest BCUT2D eigenvalue weighted by molar-refractivity contribution is 5.29. The average Bonchev–Trinajstić information content (AvgIpc) is 2.07. The van der Waals surface area contributed by atoms with Crippen LogP contribution in [0.3, 0.4) is 0 Å². The third-order valence-electron chi connectivity index (χ3n) is 1.89. The Bertz CT molecular complexity index is 269. The second-order valence-corrected chi connectivity index (χ2v) is 2.93. The highest BCUT2D eigenvalue weighted by Crippen LogP contribution is 2.29. The van der Waals surface area contributed by atoms with Crippen molar-refractivity contribution in [3.05, 3.63) is 23.8 Å². The van der Waals surface area contributed by atoms with Gasteiger partial charge in [0, 0.05) is 0 Å². The van der Waals surface area contributed by atoms with Crippen LogP contribution in [0.2, 0.25) is 0 Å². The van der Waals surface area contributed by atoms with Gasteiger partial charge >= 0.3 is 6.18 Å². The molecule has 3 N–H and O–H groups in total. The molecular formula is C8H9F3O3. The van der Waals surface area contributed by atoms with Crippen molar-refractivity contribution in [1.29, 1.82) is 0 Å². The van der Waals surface area contributed by atoms with Crippen LogP contribution in [0.1, 0.15) is 0 Å². The fraction of sp³-hybridized carbons (Fsp3) is 0.500. The minimum absolute atomic E-state index is 0.646. The molecule has 0 aromatic heterocycles. The van der Waals surface area contributed by atoms with Gasteiger partial charge in [0.15, 0.2) is 6.10 Å². The summed E-state index contributed by atoms with van der Waals surface area (Å²) in [5.41, 5.74) is -0.646. The largest absolute Gasteiger partial charge is 0.418 e. The predicted octanol–water partition coefficient (Wildman–Crippen LogP) is 0.128. The molecule has 0 bridgehead atoms. The Morgan fingerprint density at radius 3 is 2.36 bits per heavy atom. The zero-order valence-corrected chi connectivity index (χ0v) is 6.94. The summed E-state index contributed by atoms with van der Waals surface area (Å²) in [6, 6.07) is 0. The van der Waals surface area contributed by atoms with E-state index >= 15 is 0 Å². The van der Waals surface area contributed by atoms with Gasteiger partial charge in [-0.3, -0.25) is 0 Å². The van der Waals surface area contributed by atoms with E-state index in [4.69, 9.17) is 15.3 Å². The first-order chi connectivity index (χ1) is 6.34. The minimum atomic E-state index is -4.84. The van der Waals surface area contributed by atoms with Crippen molar-refractivity contribution in [1.82, 2.24) is 0 Å². The van der Waals surface area contributed by atoms with Gasteiger partial charge in [0.2, 0.25) is 0 Å². The molecule has 1 aliphatic rings. The maximum Gasteiger partial charge on any atom is 0.418 e. The number of hydrogen-bond acceptors (Lipinski definition) is 3. The average molecular weight is 210 g/mol. The minimum Gasteiger partial charge on any atom is -0.386 e. The Morgan fingerprint density at radius 2 is 1.86 bits per heavy atom. The van der Waals surface area contributed by atoms with Gasteiger partial charge in [-0.05, 0) is 5.57 Å². The molecule has 0 fully saturated rings. The van der Waals surface area contributed by atoms with E-state index in [9.17, 15) is 13.2 Å². The Morgan fingerprint density at radius 1 is 1.29 bits per heavy atom. The van der Waals surface area contributed by atoms with Crippen molar-refractivity contribution in [2.45, 2.75) is 24.5 Å². The summed E-state index contributed by atoms with van der Waals surface area (Å²) < 4.78 is 36.1. The second kappa shape index (κ2) is 3.72. The van der Waals surface area contributed by atoms with Crippen LogP contribution in [0.5, 0.6) is 0 Å². The molecule has 3 unspecified atom stereocenters. The van der Waals surface area contributed by atoms with Crippen LogP contribution >= 0.6 is 0 Å². The maximum atomic E-state index is 12.0. The number of allylic oxidation sites excluding steroid dienone is 2. The quantitative estimate of drug-likeness (QED) is 0.576. The van der Waals surface area contributed by atoms with Crippen LogP contribution in [-0.2, 0) is 0 Å². The number of aliphatic hydroxyl groups excluding tert-OH is 3. The number of halogens is 3. The zero-order valence-electron chi connectivity index (χ0n) is 6.94. The molecule has 1 aliphatic carbocycles. The normalized spacial score (nSPS) is 30.0. The number of hydrogen-bond donors (Lipinski definition) is 3. The van der Waals surface area contributed by atoms with Crippen molar-refractivity contribution in [2.75, 3.05) is 0 Å². The molecule has 14 heavy (non-hydrogen) atoms. The fourth-order valence-corrected chi connectivity index (χ4v) is 1.12. The van der Waals surface area contributed by atoms with Gasteiger partial charge in [0.25, 0.3) is 0 Å². The van der Waals surface area contributed by atoms with Crippen molar-refractivity contribution >= 4 is 0 Å². The first-order valence-corrected chi connectivity index (χ1v) is 3.83. The van der Waals surface area contributed by atoms with E-state index in [2.05, 4.69) is 0 Å². The number of rotatable bonds is 1. The fourth-order valence-electron chi connectivity index (χ4n) is 1.12. The molecule has 80 valence electrons. The Balaban J connectivity index is 2.88. The topological polar surface area (TPSA) is 60.7 Å². The zero-order chi connectivity index (χ0) is 10.9. The van der Waals surface area contributed by atoms with Crippen LogP contribution in [0.15, 0.2) is 23.8 Å². The van der Waals surface area contributed by atoms with Crippen LogP contribution < -0.4 is 0 Å². The lowest BCUT2D eigenvalue weighted by molar-refractivity contribution is -0.195. The van der Waals surface area contributed by atoms with Crippen LogP contribution in [0.4, 0.5) is 13.2 Å². The van der Waals surface area contributed by atoms with Gasteiger partial charge < -0.3 is 15.3 Å². The third kappa shape index (κ3) is 2.14. The lowest BCUT2D eigenvalue weighted by atomic mass is 9.94. The highest BCUT2D eigenvalue weighted by atomic mass is 19.4. The van der Waals surface area contributed by atoms with Crippen molar-refractivity contribution in [3.8, 4) is 0 Å². The van der Waals surface area contributed by atoms with Crippen molar-refractivity contribution in [3.63, 3.8) is 0 Å². The SMILES string of the molecule is OC1C=CC=C(C(O)C(F)(F)F)C1O. The molecule has 1 rings (SSSR count). The third-order valence-corrected chi connectivity index (χ3v) is 1.89. The standard InChI is InChI=1S/C8H9F3O3/c9-8(10,11)7(14)4-2-1-3-5(12)6(4)13/h1-3,5-7,12-14H. The molecule has 0 radical (unpaired) electrons. The van der Waals surface area contributed by atoms with E-state index in [1.54, 1.807) is 0 Å². The summed E-state index contributed by atoms with van der Waals surface area (Å²) in [5, 5.41) is 26.9. The maximum absolute atomic E-state index is 12.0. The summed E-state index contributed by atoms with van der Waals surface area (Å²) in [6.07, 6.45) is -7.47. The summed E-state index contributed by atoms with van der Waals surface area (Å²) in [5.74, 6) is 0. The van der Waals surface area contributed by atoms with Crippen molar-refractivity contribution < 1.29 is 28.5 Å². The van der Waals surface area contributed by atoms with Gasteiger partial charge in [-0.1, -0.05) is 18.2 Å². The second-order valence-electron chi connectivity index (χ2n) is 2.93. The smallest absolute Gasteiger partial charge is 0.386 e. The molecule has 6 heteroatoms. The van der Waals surface area contributed by atoms with E-state index in [-0.39, 0.29) is 0 Å². The molecule has 0 amide bonds. The molecule has 0 heterocycles. The molecule has 0 saturated carbocycles. The van der Waals surface area contributed by atoms with Gasteiger partial charge in [-0.25, -0.2) is 0 Å². The summed E-state index contributed by atoms with van der Waals surface area (Å²) in [7, 11) is 0. The van der Waals surface area contributed by atoms with E-state index < -0.39 is 30.1 Å². The molecule has 0 saturated heterocycles. The molecule has 0 aliphatic heterocycles. The van der Waals surface area contributed by atoms with Crippen LogP contribution in [0, 0.1) is 0 Å². The Labute approximate surface area is 77.8 Å². The highest BCUT2D eigenvalue weighted by Gasteiger charge is 2.43. The molecule has 0 aromatic carbocycles. The van der Waals surface area contributed by atoms with E-state index in [0.29, 0.717) is 0 Å². The van der Waals surface area contributed by atoms with Crippen LogP contribution in [0.25, 0.3) is 0 Å². The first-order valence-electron chi connectivity index (χ1n) is 3.83. The Kier molecular flexibility index (Phi) is 2.98. The molecule has 3 atom stereocenters. The molecule has 0 aromatic rings. The lowest BCUT2D eigenvalue weighted by Crippen LogP contribution is -2.40. The van der Waals surface area contributed by atoms with Gasteiger partial charge in [-0.15, -0.1) is 0 Å². The summed E-state index contributed by atoms with van der Waals surface area (Å²) in [6.45, 7) is 0. The molecule has 3 nitrogen and oxygen atoms in total. The summed E-state index contributed by atoms with van der Waals surface area (Å²) in [4.78, 5) is 0. The molecular weight excluding hydrogens is 201 g/mol.